The summed E-state index contributed by atoms with van der Waals surface area (Å²) >= 11 is 3.55. The number of benzene rings is 2. The zero-order chi connectivity index (χ0) is 20.9. The molecule has 2 N–H and O–H groups in total. The molecule has 0 bridgehead atoms. The van der Waals surface area contributed by atoms with Gasteiger partial charge in [0.25, 0.3) is 0 Å². The highest BCUT2D eigenvalue weighted by Crippen LogP contribution is 2.38. The fraction of sp³-hybridized carbons (Fsp3) is 0.273. The van der Waals surface area contributed by atoms with Crippen molar-refractivity contribution in [2.24, 2.45) is 0 Å². The van der Waals surface area contributed by atoms with E-state index < -0.39 is 6.10 Å². The summed E-state index contributed by atoms with van der Waals surface area (Å²) in [5, 5.41) is 13.9. The van der Waals surface area contributed by atoms with Crippen molar-refractivity contribution in [2.75, 3.05) is 20.5 Å². The summed E-state index contributed by atoms with van der Waals surface area (Å²) in [5.74, 6) is 3.28. The van der Waals surface area contributed by atoms with Gasteiger partial charge in [0.2, 0.25) is 6.79 Å². The standard InChI is InChI=1S/C22H22BrNO6.ClH/c1-26-21-8-14(10-24-11-16-3-2-6-27-16)7-17(23)22(21)28-12-18(25)15-4-5-19-20(9-15)30-13-29-19;/h2-9,18,24-25H,10-13H2,1H3;1H. The molecule has 0 saturated carbocycles. The van der Waals surface area contributed by atoms with E-state index in [4.69, 9.17) is 23.4 Å². The Bertz CT molecular complexity index is 998. The van der Waals surface area contributed by atoms with Gasteiger partial charge in [-0.15, -0.1) is 12.4 Å². The highest BCUT2D eigenvalue weighted by atomic mass is 79.9. The first-order valence-corrected chi connectivity index (χ1v) is 10.2. The third kappa shape index (κ3) is 5.65. The molecule has 3 aromatic rings. The largest absolute Gasteiger partial charge is 0.493 e. The molecule has 1 atom stereocenters. The van der Waals surface area contributed by atoms with Gasteiger partial charge >= 0.3 is 0 Å². The van der Waals surface area contributed by atoms with Gasteiger partial charge in [-0.1, -0.05) is 6.07 Å². The Morgan fingerprint density at radius 1 is 1.13 bits per heavy atom. The Kier molecular flexibility index (Phi) is 8.09. The van der Waals surface area contributed by atoms with Crippen LogP contribution in [0, 0.1) is 0 Å². The van der Waals surface area contributed by atoms with Crippen LogP contribution < -0.4 is 24.3 Å². The number of hydrogen-bond acceptors (Lipinski definition) is 7. The van der Waals surface area contributed by atoms with Gasteiger partial charge in [0.15, 0.2) is 23.0 Å². The van der Waals surface area contributed by atoms with Crippen molar-refractivity contribution in [1.82, 2.24) is 5.32 Å². The van der Waals surface area contributed by atoms with Crippen LogP contribution in [0.5, 0.6) is 23.0 Å². The maximum absolute atomic E-state index is 10.5. The third-order valence-electron chi connectivity index (χ3n) is 4.66. The minimum atomic E-state index is -0.828. The number of methoxy groups -OCH3 is 1. The fourth-order valence-corrected chi connectivity index (χ4v) is 3.74. The quantitative estimate of drug-likeness (QED) is 0.433. The second-order valence-electron chi connectivity index (χ2n) is 6.73. The molecule has 1 unspecified atom stereocenters. The number of rotatable bonds is 9. The molecule has 7 nitrogen and oxygen atoms in total. The summed E-state index contributed by atoms with van der Waals surface area (Å²) in [5.41, 5.74) is 1.71. The van der Waals surface area contributed by atoms with Crippen molar-refractivity contribution in [2.45, 2.75) is 19.2 Å². The average Bonchev–Trinajstić information content (AvgIpc) is 3.43. The van der Waals surface area contributed by atoms with Crippen LogP contribution in [-0.2, 0) is 13.1 Å². The Morgan fingerprint density at radius 2 is 1.97 bits per heavy atom. The summed E-state index contributed by atoms with van der Waals surface area (Å²) in [7, 11) is 1.59. The van der Waals surface area contributed by atoms with Crippen molar-refractivity contribution in [3.63, 3.8) is 0 Å². The highest BCUT2D eigenvalue weighted by molar-refractivity contribution is 9.10. The molecule has 2 aromatic carbocycles. The summed E-state index contributed by atoms with van der Waals surface area (Å²) in [6, 6.07) is 13.0. The predicted molar refractivity (Wildman–Crippen MR) is 120 cm³/mol. The molecule has 0 amide bonds. The van der Waals surface area contributed by atoms with Gasteiger partial charge in [0.1, 0.15) is 18.5 Å². The van der Waals surface area contributed by atoms with Crippen molar-refractivity contribution in [1.29, 1.82) is 0 Å². The second-order valence-corrected chi connectivity index (χ2v) is 7.59. The number of fused-ring (bicyclic) bond motifs is 1. The van der Waals surface area contributed by atoms with E-state index in [0.717, 1.165) is 15.8 Å². The first-order chi connectivity index (χ1) is 14.6. The molecule has 4 rings (SSSR count). The molecule has 0 fully saturated rings. The Morgan fingerprint density at radius 3 is 2.74 bits per heavy atom. The minimum absolute atomic E-state index is 0. The molecule has 1 aromatic heterocycles. The monoisotopic (exact) mass is 511 g/mol. The summed E-state index contributed by atoms with van der Waals surface area (Å²) < 4.78 is 28.1. The number of ether oxygens (including phenoxy) is 4. The summed E-state index contributed by atoms with van der Waals surface area (Å²) in [6.07, 6.45) is 0.826. The molecule has 166 valence electrons. The lowest BCUT2D eigenvalue weighted by atomic mass is 10.1. The number of nitrogens with one attached hydrogen (secondary N) is 1. The van der Waals surface area contributed by atoms with Crippen molar-refractivity contribution in [3.05, 3.63) is 70.1 Å². The third-order valence-corrected chi connectivity index (χ3v) is 5.25. The number of aliphatic hydroxyl groups excluding tert-OH is 1. The second kappa shape index (κ2) is 10.8. The van der Waals surface area contributed by atoms with Crippen LogP contribution in [0.2, 0.25) is 0 Å². The van der Waals surface area contributed by atoms with E-state index in [0.29, 0.717) is 41.7 Å². The van der Waals surface area contributed by atoms with Crippen LogP contribution in [0.1, 0.15) is 23.0 Å². The lowest BCUT2D eigenvalue weighted by Crippen LogP contribution is -2.13. The maximum Gasteiger partial charge on any atom is 0.231 e. The number of furan rings is 1. The van der Waals surface area contributed by atoms with Gasteiger partial charge in [0.05, 0.1) is 24.4 Å². The lowest BCUT2D eigenvalue weighted by Gasteiger charge is -2.17. The van der Waals surface area contributed by atoms with E-state index in [9.17, 15) is 5.11 Å². The van der Waals surface area contributed by atoms with E-state index in [1.54, 1.807) is 31.6 Å². The van der Waals surface area contributed by atoms with Crippen molar-refractivity contribution in [3.8, 4) is 23.0 Å². The SMILES string of the molecule is COc1cc(CNCc2ccco2)cc(Br)c1OCC(O)c1ccc2c(c1)OCO2.Cl. The summed E-state index contributed by atoms with van der Waals surface area (Å²) in [6.45, 7) is 1.52. The van der Waals surface area contributed by atoms with E-state index in [2.05, 4.69) is 21.2 Å². The van der Waals surface area contributed by atoms with Gasteiger partial charge in [-0.2, -0.15) is 0 Å². The van der Waals surface area contributed by atoms with Gasteiger partial charge in [-0.25, -0.2) is 0 Å². The molecule has 0 spiro atoms. The number of halogens is 2. The molecule has 1 aliphatic heterocycles. The zero-order valence-electron chi connectivity index (χ0n) is 16.8. The topological polar surface area (TPSA) is 82.3 Å². The normalized spacial score (nSPS) is 12.9. The van der Waals surface area contributed by atoms with Crippen LogP contribution in [0.3, 0.4) is 0 Å². The van der Waals surface area contributed by atoms with Crippen molar-refractivity contribution < 1.29 is 28.5 Å². The van der Waals surface area contributed by atoms with Gasteiger partial charge in [0, 0.05) is 6.54 Å². The lowest BCUT2D eigenvalue weighted by molar-refractivity contribution is 0.105. The van der Waals surface area contributed by atoms with Crippen LogP contribution in [0.25, 0.3) is 0 Å². The molecular weight excluding hydrogens is 490 g/mol. The van der Waals surface area contributed by atoms with Crippen LogP contribution in [0.4, 0.5) is 0 Å². The zero-order valence-corrected chi connectivity index (χ0v) is 19.2. The summed E-state index contributed by atoms with van der Waals surface area (Å²) in [4.78, 5) is 0. The number of hydrogen-bond donors (Lipinski definition) is 2. The molecule has 1 aliphatic rings. The highest BCUT2D eigenvalue weighted by Gasteiger charge is 2.19. The Hall–Kier alpha value is -2.39. The van der Waals surface area contributed by atoms with Crippen molar-refractivity contribution >= 4 is 28.3 Å². The Labute approximate surface area is 194 Å². The molecule has 0 aliphatic carbocycles. The Balaban J connectivity index is 0.00000272. The van der Waals surface area contributed by atoms with Crippen LogP contribution in [-0.4, -0.2) is 25.6 Å². The van der Waals surface area contributed by atoms with Gasteiger partial charge < -0.3 is 33.8 Å². The van der Waals surface area contributed by atoms with Crippen LogP contribution in [0.15, 0.2) is 57.6 Å². The first-order valence-electron chi connectivity index (χ1n) is 9.44. The maximum atomic E-state index is 10.5. The minimum Gasteiger partial charge on any atom is -0.493 e. The van der Waals surface area contributed by atoms with Gasteiger partial charge in [-0.3, -0.25) is 0 Å². The molecule has 9 heteroatoms. The predicted octanol–water partition coefficient (Wildman–Crippen LogP) is 4.60. The first kappa shape index (κ1) is 23.3. The number of aliphatic hydroxyl groups is 1. The molecular formula is C22H23BrClNO6. The average molecular weight is 513 g/mol. The van der Waals surface area contributed by atoms with Gasteiger partial charge in [-0.05, 0) is 63.5 Å². The molecule has 0 radical (unpaired) electrons. The van der Waals surface area contributed by atoms with E-state index in [1.807, 2.05) is 24.3 Å². The molecule has 31 heavy (non-hydrogen) atoms. The van der Waals surface area contributed by atoms with E-state index >= 15 is 0 Å². The van der Waals surface area contributed by atoms with E-state index in [-0.39, 0.29) is 25.8 Å². The van der Waals surface area contributed by atoms with E-state index in [1.165, 1.54) is 0 Å². The fourth-order valence-electron chi connectivity index (χ4n) is 3.14. The smallest absolute Gasteiger partial charge is 0.231 e. The van der Waals surface area contributed by atoms with Crippen LogP contribution >= 0.6 is 28.3 Å². The molecule has 0 saturated heterocycles. The molecule has 2 heterocycles.